The Labute approximate surface area is 176 Å². The minimum absolute atomic E-state index is 0.0770. The molecule has 0 radical (unpaired) electrons. The zero-order chi connectivity index (χ0) is 20.6. The third-order valence-corrected chi connectivity index (χ3v) is 6.52. The van der Waals surface area contributed by atoms with Gasteiger partial charge in [-0.1, -0.05) is 48.5 Å². The molecule has 1 saturated carbocycles. The Morgan fingerprint density at radius 1 is 1.17 bits per heavy atom. The molecule has 5 rings (SSSR count). The highest BCUT2D eigenvalue weighted by Gasteiger charge is 2.52. The molecule has 2 fully saturated rings. The van der Waals surface area contributed by atoms with E-state index in [0.717, 1.165) is 47.8 Å². The quantitative estimate of drug-likeness (QED) is 0.666. The van der Waals surface area contributed by atoms with Gasteiger partial charge in [0.2, 0.25) is 5.91 Å². The molecule has 5 nitrogen and oxygen atoms in total. The standard InChI is InChI=1S/C25H27N3O2/c29-21-10-13-28(16-21)17-23(18-6-2-1-3-7-18)27-24(30)25(11-12-25)20-14-19-8-4-5-9-22(19)26-15-20/h1-9,14-15,21,23,29H,10-13,16-17H2,(H,27,30). The molecule has 2 aromatic carbocycles. The van der Waals surface area contributed by atoms with Crippen LogP contribution in [0.4, 0.5) is 0 Å². The number of aliphatic hydroxyl groups is 1. The number of aliphatic hydroxyl groups excluding tert-OH is 1. The lowest BCUT2D eigenvalue weighted by Gasteiger charge is -2.27. The molecule has 1 amide bonds. The molecular weight excluding hydrogens is 374 g/mol. The highest BCUT2D eigenvalue weighted by atomic mass is 16.3. The molecule has 30 heavy (non-hydrogen) atoms. The van der Waals surface area contributed by atoms with Gasteiger partial charge in [0.1, 0.15) is 0 Å². The van der Waals surface area contributed by atoms with Gasteiger partial charge in [0.25, 0.3) is 0 Å². The Balaban J connectivity index is 1.39. The molecule has 0 bridgehead atoms. The first kappa shape index (κ1) is 19.2. The number of rotatable bonds is 6. The van der Waals surface area contributed by atoms with Crippen molar-refractivity contribution in [2.75, 3.05) is 19.6 Å². The molecule has 3 aromatic rings. The minimum Gasteiger partial charge on any atom is -0.392 e. The van der Waals surface area contributed by atoms with Crippen molar-refractivity contribution in [2.45, 2.75) is 36.8 Å². The van der Waals surface area contributed by atoms with Crippen LogP contribution in [0.5, 0.6) is 0 Å². The van der Waals surface area contributed by atoms with Crippen LogP contribution in [0.15, 0.2) is 66.9 Å². The van der Waals surface area contributed by atoms with Crippen LogP contribution in [-0.2, 0) is 10.2 Å². The fraction of sp³-hybridized carbons (Fsp3) is 0.360. The fourth-order valence-corrected chi connectivity index (χ4v) is 4.56. The number of hydrogen-bond donors (Lipinski definition) is 2. The number of nitrogens with one attached hydrogen (secondary N) is 1. The molecule has 1 aliphatic heterocycles. The summed E-state index contributed by atoms with van der Waals surface area (Å²) < 4.78 is 0. The van der Waals surface area contributed by atoms with E-state index in [1.54, 1.807) is 0 Å². The van der Waals surface area contributed by atoms with Gasteiger partial charge in [-0.25, -0.2) is 0 Å². The van der Waals surface area contributed by atoms with Gasteiger partial charge in [-0.2, -0.15) is 0 Å². The second-order valence-corrected chi connectivity index (χ2v) is 8.64. The van der Waals surface area contributed by atoms with Gasteiger partial charge < -0.3 is 10.4 Å². The topological polar surface area (TPSA) is 65.5 Å². The van der Waals surface area contributed by atoms with Crippen molar-refractivity contribution in [3.63, 3.8) is 0 Å². The predicted molar refractivity (Wildman–Crippen MR) is 117 cm³/mol. The molecule has 1 saturated heterocycles. The first-order chi connectivity index (χ1) is 14.6. The number of likely N-dealkylation sites (tertiary alicyclic amines) is 1. The molecule has 2 atom stereocenters. The van der Waals surface area contributed by atoms with Crippen molar-refractivity contribution in [1.29, 1.82) is 0 Å². The molecule has 0 spiro atoms. The van der Waals surface area contributed by atoms with Crippen molar-refractivity contribution in [3.05, 3.63) is 78.0 Å². The summed E-state index contributed by atoms with van der Waals surface area (Å²) in [6, 6.07) is 20.2. The van der Waals surface area contributed by atoms with Crippen LogP contribution in [0.2, 0.25) is 0 Å². The van der Waals surface area contributed by atoms with E-state index in [0.29, 0.717) is 13.1 Å². The summed E-state index contributed by atoms with van der Waals surface area (Å²) in [5.74, 6) is 0.0770. The van der Waals surface area contributed by atoms with Gasteiger partial charge >= 0.3 is 0 Å². The van der Waals surface area contributed by atoms with E-state index in [1.165, 1.54) is 0 Å². The Hall–Kier alpha value is -2.76. The number of aromatic nitrogens is 1. The summed E-state index contributed by atoms with van der Waals surface area (Å²) in [4.78, 5) is 20.3. The summed E-state index contributed by atoms with van der Waals surface area (Å²) in [7, 11) is 0. The Kier molecular flexibility index (Phi) is 5.01. The van der Waals surface area contributed by atoms with E-state index in [1.807, 2.05) is 48.7 Å². The zero-order valence-corrected chi connectivity index (χ0v) is 17.0. The molecule has 2 N–H and O–H groups in total. The van der Waals surface area contributed by atoms with Crippen molar-refractivity contribution in [1.82, 2.24) is 15.2 Å². The first-order valence-electron chi connectivity index (χ1n) is 10.8. The highest BCUT2D eigenvalue weighted by molar-refractivity contribution is 5.93. The lowest BCUT2D eigenvalue weighted by Crippen LogP contribution is -2.42. The van der Waals surface area contributed by atoms with Gasteiger partial charge in [-0.05, 0) is 42.5 Å². The minimum atomic E-state index is -0.478. The summed E-state index contributed by atoms with van der Waals surface area (Å²) in [6.45, 7) is 2.23. The van der Waals surface area contributed by atoms with E-state index in [-0.39, 0.29) is 18.1 Å². The maximum atomic E-state index is 13.5. The van der Waals surface area contributed by atoms with Crippen molar-refractivity contribution in [2.24, 2.45) is 0 Å². The lowest BCUT2D eigenvalue weighted by molar-refractivity contribution is -0.124. The van der Waals surface area contributed by atoms with Crippen LogP contribution < -0.4 is 5.32 Å². The Morgan fingerprint density at radius 2 is 1.93 bits per heavy atom. The molecule has 2 aliphatic rings. The highest BCUT2D eigenvalue weighted by Crippen LogP contribution is 2.49. The van der Waals surface area contributed by atoms with Gasteiger partial charge in [0.05, 0.1) is 23.1 Å². The second-order valence-electron chi connectivity index (χ2n) is 8.64. The van der Waals surface area contributed by atoms with Crippen molar-refractivity contribution >= 4 is 16.8 Å². The molecule has 2 unspecified atom stereocenters. The van der Waals surface area contributed by atoms with Crippen LogP contribution in [0.25, 0.3) is 10.9 Å². The number of β-amino-alcohol motifs (C(OH)–C–C–N with tert-alkyl or cyclic N) is 1. The number of amides is 1. The molecule has 5 heteroatoms. The zero-order valence-electron chi connectivity index (χ0n) is 17.0. The monoisotopic (exact) mass is 401 g/mol. The van der Waals surface area contributed by atoms with Crippen molar-refractivity contribution < 1.29 is 9.90 Å². The maximum Gasteiger partial charge on any atom is 0.231 e. The van der Waals surface area contributed by atoms with E-state index >= 15 is 0 Å². The van der Waals surface area contributed by atoms with E-state index < -0.39 is 5.41 Å². The maximum absolute atomic E-state index is 13.5. The van der Waals surface area contributed by atoms with Crippen LogP contribution in [-0.4, -0.2) is 46.6 Å². The van der Waals surface area contributed by atoms with Crippen molar-refractivity contribution in [3.8, 4) is 0 Å². The SMILES string of the molecule is O=C(NC(CN1CCC(O)C1)c1ccccc1)C1(c2cnc3ccccc3c2)CC1. The largest absolute Gasteiger partial charge is 0.392 e. The normalized spacial score (nSPS) is 21.4. The molecule has 1 aliphatic carbocycles. The number of carbonyl (C=O) groups excluding carboxylic acids is 1. The Morgan fingerprint density at radius 3 is 2.67 bits per heavy atom. The average molecular weight is 402 g/mol. The molecule has 2 heterocycles. The number of hydrogen-bond acceptors (Lipinski definition) is 4. The van der Waals surface area contributed by atoms with Crippen LogP contribution in [0, 0.1) is 0 Å². The van der Waals surface area contributed by atoms with Gasteiger partial charge in [0.15, 0.2) is 0 Å². The number of benzene rings is 2. The van der Waals surface area contributed by atoms with Crippen LogP contribution in [0.3, 0.4) is 0 Å². The van der Waals surface area contributed by atoms with E-state index in [9.17, 15) is 9.90 Å². The third-order valence-electron chi connectivity index (χ3n) is 6.52. The molecular formula is C25H27N3O2. The second kappa shape index (κ2) is 7.82. The number of pyridine rings is 1. The summed E-state index contributed by atoms with van der Waals surface area (Å²) in [5, 5.41) is 14.3. The molecule has 154 valence electrons. The number of para-hydroxylation sites is 1. The predicted octanol–water partition coefficient (Wildman–Crippen LogP) is 3.19. The molecule has 1 aromatic heterocycles. The van der Waals surface area contributed by atoms with Gasteiger partial charge in [-0.15, -0.1) is 0 Å². The smallest absolute Gasteiger partial charge is 0.231 e. The van der Waals surface area contributed by atoms with Crippen LogP contribution >= 0.6 is 0 Å². The Bertz CT molecular complexity index is 1050. The number of nitrogens with zero attached hydrogens (tertiary/aromatic N) is 2. The van der Waals surface area contributed by atoms with Gasteiger partial charge in [-0.3, -0.25) is 14.7 Å². The summed E-state index contributed by atoms with van der Waals surface area (Å²) >= 11 is 0. The average Bonchev–Trinajstić information content (AvgIpc) is 3.50. The first-order valence-corrected chi connectivity index (χ1v) is 10.8. The number of fused-ring (bicyclic) bond motifs is 1. The lowest BCUT2D eigenvalue weighted by atomic mass is 9.94. The fourth-order valence-electron chi connectivity index (χ4n) is 4.56. The van der Waals surface area contributed by atoms with Crippen LogP contribution in [0.1, 0.15) is 36.4 Å². The third kappa shape index (κ3) is 3.71. The van der Waals surface area contributed by atoms with E-state index in [4.69, 9.17) is 0 Å². The summed E-state index contributed by atoms with van der Waals surface area (Å²) in [5.41, 5.74) is 2.57. The van der Waals surface area contributed by atoms with E-state index in [2.05, 4.69) is 33.4 Å². The van der Waals surface area contributed by atoms with Gasteiger partial charge in [0, 0.05) is 31.2 Å². The number of carbonyl (C=O) groups is 1. The summed E-state index contributed by atoms with van der Waals surface area (Å²) in [6.07, 6.45) is 4.09.